The molecule has 6 heteroatoms. The van der Waals surface area contributed by atoms with Gasteiger partial charge in [0.25, 0.3) is 0 Å². The van der Waals surface area contributed by atoms with Crippen molar-refractivity contribution in [1.82, 2.24) is 5.32 Å². The third-order valence-corrected chi connectivity index (χ3v) is 4.00. The third-order valence-electron chi connectivity index (χ3n) is 4.00. The van der Waals surface area contributed by atoms with Gasteiger partial charge in [0.15, 0.2) is 5.60 Å². The van der Waals surface area contributed by atoms with Crippen LogP contribution in [0.15, 0.2) is 54.6 Å². The van der Waals surface area contributed by atoms with E-state index in [1.165, 1.54) is 31.4 Å². The number of aliphatic hydroxyl groups is 1. The van der Waals surface area contributed by atoms with Crippen molar-refractivity contribution >= 4 is 0 Å². The van der Waals surface area contributed by atoms with E-state index in [0.717, 1.165) is 5.56 Å². The summed E-state index contributed by atoms with van der Waals surface area (Å²) in [4.78, 5) is 0. The molecule has 0 saturated carbocycles. The number of methoxy groups -OCH3 is 1. The van der Waals surface area contributed by atoms with E-state index < -0.39 is 18.3 Å². The van der Waals surface area contributed by atoms with Gasteiger partial charge in [-0.3, -0.25) is 0 Å². The lowest BCUT2D eigenvalue weighted by molar-refractivity contribution is -0.264. The van der Waals surface area contributed by atoms with E-state index in [4.69, 9.17) is 4.74 Å². The molecule has 0 aromatic heterocycles. The molecule has 0 radical (unpaired) electrons. The molecule has 2 atom stereocenters. The van der Waals surface area contributed by atoms with Gasteiger partial charge in [0, 0.05) is 12.6 Å². The molecule has 0 aliphatic rings. The second-order valence-corrected chi connectivity index (χ2v) is 5.60. The van der Waals surface area contributed by atoms with E-state index in [-0.39, 0.29) is 11.6 Å². The standard InChI is InChI=1S/C18H20F3NO2/c1-13(14-6-4-3-5-7-14)22-12-17(23,18(19,20)21)15-8-10-16(24-2)11-9-15/h3-11,13,22-23H,12H2,1-2H3/t13-,17+/m0/s1. The van der Waals surface area contributed by atoms with Crippen LogP contribution in [-0.4, -0.2) is 24.9 Å². The van der Waals surface area contributed by atoms with Crippen LogP contribution in [0.25, 0.3) is 0 Å². The first-order valence-electron chi connectivity index (χ1n) is 7.50. The van der Waals surface area contributed by atoms with E-state index in [2.05, 4.69) is 5.32 Å². The van der Waals surface area contributed by atoms with Gasteiger partial charge in [0.2, 0.25) is 0 Å². The molecule has 0 saturated heterocycles. The Bertz CT molecular complexity index is 644. The van der Waals surface area contributed by atoms with E-state index in [9.17, 15) is 18.3 Å². The van der Waals surface area contributed by atoms with Crippen molar-refractivity contribution in [2.75, 3.05) is 13.7 Å². The molecule has 0 spiro atoms. The van der Waals surface area contributed by atoms with Crippen LogP contribution in [0.1, 0.15) is 24.1 Å². The number of hydrogen-bond acceptors (Lipinski definition) is 3. The highest BCUT2D eigenvalue weighted by Crippen LogP contribution is 2.39. The number of nitrogens with one attached hydrogen (secondary N) is 1. The molecule has 0 bridgehead atoms. The Morgan fingerprint density at radius 3 is 2.12 bits per heavy atom. The van der Waals surface area contributed by atoms with Gasteiger partial charge in [0.1, 0.15) is 5.75 Å². The van der Waals surface area contributed by atoms with Crippen LogP contribution in [-0.2, 0) is 5.60 Å². The molecule has 3 nitrogen and oxygen atoms in total. The van der Waals surface area contributed by atoms with Crippen LogP contribution in [0.3, 0.4) is 0 Å². The van der Waals surface area contributed by atoms with E-state index in [1.807, 2.05) is 30.3 Å². The van der Waals surface area contributed by atoms with Gasteiger partial charge in [-0.25, -0.2) is 0 Å². The van der Waals surface area contributed by atoms with Crippen molar-refractivity contribution in [2.24, 2.45) is 0 Å². The van der Waals surface area contributed by atoms with Gasteiger partial charge in [0.05, 0.1) is 7.11 Å². The lowest BCUT2D eigenvalue weighted by Gasteiger charge is -2.32. The molecule has 0 aliphatic carbocycles. The Morgan fingerprint density at radius 2 is 1.62 bits per heavy atom. The van der Waals surface area contributed by atoms with Crippen LogP contribution in [0.5, 0.6) is 5.75 Å². The maximum atomic E-state index is 13.5. The number of rotatable bonds is 6. The summed E-state index contributed by atoms with van der Waals surface area (Å²) in [5.74, 6) is 0.425. The van der Waals surface area contributed by atoms with Crippen molar-refractivity contribution in [2.45, 2.75) is 24.7 Å². The monoisotopic (exact) mass is 339 g/mol. The highest BCUT2D eigenvalue weighted by Gasteiger charge is 2.54. The number of halogens is 3. The predicted octanol–water partition coefficient (Wildman–Crippen LogP) is 3.80. The van der Waals surface area contributed by atoms with Crippen molar-refractivity contribution in [3.05, 3.63) is 65.7 Å². The summed E-state index contributed by atoms with van der Waals surface area (Å²) in [6, 6.07) is 14.0. The molecule has 0 fully saturated rings. The smallest absolute Gasteiger partial charge is 0.422 e. The third kappa shape index (κ3) is 3.88. The zero-order valence-electron chi connectivity index (χ0n) is 13.5. The molecule has 2 aromatic rings. The molecule has 0 heterocycles. The summed E-state index contributed by atoms with van der Waals surface area (Å²) in [5, 5.41) is 13.1. The Hall–Kier alpha value is -2.05. The summed E-state index contributed by atoms with van der Waals surface area (Å²) in [6.07, 6.45) is -4.81. The van der Waals surface area contributed by atoms with Crippen LogP contribution in [0.2, 0.25) is 0 Å². The molecule has 0 unspecified atom stereocenters. The van der Waals surface area contributed by atoms with Crippen molar-refractivity contribution in [1.29, 1.82) is 0 Å². The molecule has 0 aliphatic heterocycles. The lowest BCUT2D eigenvalue weighted by atomic mass is 9.92. The first kappa shape index (κ1) is 18.3. The topological polar surface area (TPSA) is 41.5 Å². The highest BCUT2D eigenvalue weighted by molar-refractivity contribution is 5.32. The van der Waals surface area contributed by atoms with Crippen LogP contribution >= 0.6 is 0 Å². The van der Waals surface area contributed by atoms with Crippen LogP contribution in [0, 0.1) is 0 Å². The number of ether oxygens (including phenoxy) is 1. The number of alkyl halides is 3. The second kappa shape index (κ2) is 7.23. The lowest BCUT2D eigenvalue weighted by Crippen LogP contribution is -2.50. The average Bonchev–Trinajstić information content (AvgIpc) is 2.59. The zero-order chi connectivity index (χ0) is 17.8. The average molecular weight is 339 g/mol. The normalized spacial score (nSPS) is 15.6. The van der Waals surface area contributed by atoms with E-state index >= 15 is 0 Å². The van der Waals surface area contributed by atoms with Gasteiger partial charge < -0.3 is 15.2 Å². The molecule has 2 aromatic carbocycles. The Kier molecular flexibility index (Phi) is 5.51. The fraction of sp³-hybridized carbons (Fsp3) is 0.333. The molecule has 2 rings (SSSR count). The maximum absolute atomic E-state index is 13.5. The molecular weight excluding hydrogens is 319 g/mol. The first-order valence-corrected chi connectivity index (χ1v) is 7.50. The second-order valence-electron chi connectivity index (χ2n) is 5.60. The Balaban J connectivity index is 2.21. The van der Waals surface area contributed by atoms with Gasteiger partial charge in [-0.1, -0.05) is 42.5 Å². The van der Waals surface area contributed by atoms with Gasteiger partial charge in [-0.15, -0.1) is 0 Å². The molecule has 0 amide bonds. The van der Waals surface area contributed by atoms with E-state index in [1.54, 1.807) is 6.92 Å². The number of hydrogen-bond donors (Lipinski definition) is 2. The summed E-state index contributed by atoms with van der Waals surface area (Å²) in [5.41, 5.74) is -2.37. The summed E-state index contributed by atoms with van der Waals surface area (Å²) in [6.45, 7) is 1.10. The van der Waals surface area contributed by atoms with Gasteiger partial charge in [-0.2, -0.15) is 13.2 Å². The zero-order valence-corrected chi connectivity index (χ0v) is 13.5. The van der Waals surface area contributed by atoms with Crippen LogP contribution in [0.4, 0.5) is 13.2 Å². The Morgan fingerprint density at radius 1 is 1.04 bits per heavy atom. The number of benzene rings is 2. The quantitative estimate of drug-likeness (QED) is 0.841. The van der Waals surface area contributed by atoms with Crippen LogP contribution < -0.4 is 10.1 Å². The minimum absolute atomic E-state index is 0.233. The largest absolute Gasteiger partial charge is 0.497 e. The summed E-state index contributed by atoms with van der Waals surface area (Å²) in [7, 11) is 1.42. The molecule has 24 heavy (non-hydrogen) atoms. The minimum atomic E-state index is -4.81. The van der Waals surface area contributed by atoms with Crippen molar-refractivity contribution in [3.8, 4) is 5.75 Å². The fourth-order valence-electron chi connectivity index (χ4n) is 2.39. The molecular formula is C18H20F3NO2. The van der Waals surface area contributed by atoms with Crippen molar-refractivity contribution < 1.29 is 23.0 Å². The predicted molar refractivity (Wildman–Crippen MR) is 85.8 cm³/mol. The maximum Gasteiger partial charge on any atom is 0.422 e. The summed E-state index contributed by atoms with van der Waals surface area (Å²) >= 11 is 0. The van der Waals surface area contributed by atoms with Crippen molar-refractivity contribution in [3.63, 3.8) is 0 Å². The first-order chi connectivity index (χ1) is 11.3. The van der Waals surface area contributed by atoms with Gasteiger partial charge in [-0.05, 0) is 30.2 Å². The minimum Gasteiger partial charge on any atom is -0.497 e. The van der Waals surface area contributed by atoms with E-state index in [0.29, 0.717) is 5.75 Å². The molecule has 2 N–H and O–H groups in total. The summed E-state index contributed by atoms with van der Waals surface area (Å²) < 4.78 is 45.5. The Labute approximate surface area is 139 Å². The molecule has 130 valence electrons. The SMILES string of the molecule is COc1ccc([C@](O)(CN[C@@H](C)c2ccccc2)C(F)(F)F)cc1. The van der Waals surface area contributed by atoms with Gasteiger partial charge >= 0.3 is 6.18 Å². The highest BCUT2D eigenvalue weighted by atomic mass is 19.4. The fourth-order valence-corrected chi connectivity index (χ4v) is 2.39.